The molecule has 0 aliphatic carbocycles. The van der Waals surface area contributed by atoms with Gasteiger partial charge in [0.1, 0.15) is 48.5 Å². The van der Waals surface area contributed by atoms with Gasteiger partial charge in [0.25, 0.3) is 0 Å². The van der Waals surface area contributed by atoms with E-state index in [1.54, 1.807) is 101 Å². The van der Waals surface area contributed by atoms with Gasteiger partial charge < -0.3 is 77.8 Å². The third-order valence-electron chi connectivity index (χ3n) is 15.9. The van der Waals surface area contributed by atoms with Gasteiger partial charge in [0, 0.05) is 49.5 Å². The summed E-state index contributed by atoms with van der Waals surface area (Å²) in [6, 6.07) is 15.0. The van der Waals surface area contributed by atoms with Crippen LogP contribution < -0.4 is 4.74 Å². The number of methoxy groups -OCH3 is 2. The number of ketones is 2. The van der Waals surface area contributed by atoms with Crippen LogP contribution in [0.1, 0.15) is 103 Å². The van der Waals surface area contributed by atoms with E-state index < -0.39 is 140 Å². The molecule has 5 N–H and O–H groups in total. The van der Waals surface area contributed by atoms with Crippen LogP contribution in [0.3, 0.4) is 0 Å². The summed E-state index contributed by atoms with van der Waals surface area (Å²) >= 11 is 0. The minimum atomic E-state index is -1.51. The van der Waals surface area contributed by atoms with Crippen LogP contribution in [0.15, 0.2) is 78.4 Å². The van der Waals surface area contributed by atoms with Crippen LogP contribution in [-0.4, -0.2) is 193 Å². The first-order chi connectivity index (χ1) is 37.0. The number of aliphatic hydroxyl groups is 5. The molecule has 19 nitrogen and oxygen atoms in total. The second-order valence-corrected chi connectivity index (χ2v) is 22.2. The van der Waals surface area contributed by atoms with Crippen LogP contribution in [0.5, 0.6) is 5.75 Å². The highest BCUT2D eigenvalue weighted by Gasteiger charge is 2.52. The molecule has 19 heteroatoms. The Balaban J connectivity index is 1.30. The molecule has 4 aliphatic heterocycles. The number of hydrogen-bond donors (Lipinski definition) is 5. The van der Waals surface area contributed by atoms with Gasteiger partial charge in [-0.05, 0) is 104 Å². The molecule has 6 rings (SSSR count). The van der Waals surface area contributed by atoms with Gasteiger partial charge in [-0.25, -0.2) is 0 Å². The molecule has 3 fully saturated rings. The van der Waals surface area contributed by atoms with Crippen molar-refractivity contribution in [2.24, 2.45) is 23.7 Å². The number of allylic oxidation sites excluding steroid dienone is 3. The minimum absolute atomic E-state index is 0.0155. The molecule has 0 bridgehead atoms. The molecule has 78 heavy (non-hydrogen) atoms. The Bertz CT molecular complexity index is 2280. The van der Waals surface area contributed by atoms with Crippen molar-refractivity contribution in [1.82, 2.24) is 4.90 Å². The highest BCUT2D eigenvalue weighted by Crippen LogP contribution is 2.38. The summed E-state index contributed by atoms with van der Waals surface area (Å²) in [5.41, 5.74) is 0.226. The standard InChI is InChI=1S/C59H87NO18/c1-13-45-41(31-72-58-55(70-12)54(69-11)49(64)35(5)74-58)27-32(2)19-24-43(61)33(3)28-40(25-26-71-42-22-20-39(21-23-42)50(65)38-17-15-14-16-18-38)52(34(4)44(62)29-46(63)76-45)78-57-51(66)48(60(9)10)53(36(6)75-57)77-47-30-59(8,68)56(67)37(7)73-47/h14-24,27,33-37,40-41,44-45,47-49,51-58,62,64,66-68H,13,25-26,28-31H2,1-12H3/b24-19+,32-27+/t33-,34+,35-,36-,37+,40+,41-,44-,45-,47+,48-,49-,51-,52-,53-,54-,55-,56+,57+,58-,59-/m1/s1. The molecule has 436 valence electrons. The Morgan fingerprint density at radius 1 is 0.782 bits per heavy atom. The lowest BCUT2D eigenvalue weighted by atomic mass is 9.79. The number of carbonyl (C=O) groups is 3. The number of aliphatic hydroxyl groups excluding tert-OH is 4. The van der Waals surface area contributed by atoms with Crippen molar-refractivity contribution < 1.29 is 87.3 Å². The monoisotopic (exact) mass is 1100 g/mol. The van der Waals surface area contributed by atoms with Gasteiger partial charge in [0.2, 0.25) is 0 Å². The summed E-state index contributed by atoms with van der Waals surface area (Å²) in [4.78, 5) is 43.3. The zero-order valence-corrected chi connectivity index (χ0v) is 47.4. The summed E-state index contributed by atoms with van der Waals surface area (Å²) in [7, 11) is 6.49. The third kappa shape index (κ3) is 15.9. The zero-order valence-electron chi connectivity index (χ0n) is 47.4. The maximum atomic E-state index is 14.2. The highest BCUT2D eigenvalue weighted by atomic mass is 16.7. The molecule has 4 heterocycles. The molecule has 21 atom stereocenters. The fourth-order valence-corrected chi connectivity index (χ4v) is 11.2. The molecule has 2 aromatic rings. The molecular weight excluding hydrogens is 1010 g/mol. The number of cyclic esters (lactones) is 1. The van der Waals surface area contributed by atoms with E-state index in [0.717, 1.165) is 0 Å². The van der Waals surface area contributed by atoms with Crippen LogP contribution in [0.2, 0.25) is 0 Å². The topological polar surface area (TPSA) is 248 Å². The first-order valence-electron chi connectivity index (χ1n) is 27.5. The largest absolute Gasteiger partial charge is 0.494 e. The zero-order chi connectivity index (χ0) is 57.2. The van der Waals surface area contributed by atoms with Crippen LogP contribution in [0.4, 0.5) is 0 Å². The SMILES string of the molecule is CC[C@H]1OC(=O)C[C@@H](O)[C@H](C)[C@@H](O[C@@H]2O[C@H](C)[C@@H](O[C@H]3C[C@@](C)(O)[C@@H](O)[C@H](C)O3)[C@H](N(C)C)[C@H]2O)[C@@H](CCOc2ccc(C(=O)c3ccccc3)cc2)C[C@@H](C)C(=O)/C=C/C(C)=C/[C@@H]1CO[C@@H]1O[C@H](C)[C@@H](O)[C@@H](OC)[C@H]1OC. The number of ether oxygens (including phenoxy) is 10. The maximum absolute atomic E-state index is 14.2. The second-order valence-electron chi connectivity index (χ2n) is 22.2. The predicted octanol–water partition coefficient (Wildman–Crippen LogP) is 4.94. The molecule has 4 aliphatic rings. The molecular formula is C59H87NO18. The first kappa shape index (κ1) is 63.2. The van der Waals surface area contributed by atoms with Crippen LogP contribution in [-0.2, 0) is 52.2 Å². The van der Waals surface area contributed by atoms with Crippen LogP contribution >= 0.6 is 0 Å². The van der Waals surface area contributed by atoms with Gasteiger partial charge in [-0.1, -0.05) is 68.8 Å². The van der Waals surface area contributed by atoms with Crippen LogP contribution in [0.25, 0.3) is 0 Å². The van der Waals surface area contributed by atoms with E-state index in [-0.39, 0.29) is 44.0 Å². The van der Waals surface area contributed by atoms with Crippen molar-refractivity contribution in [2.75, 3.05) is 41.5 Å². The van der Waals surface area contributed by atoms with Gasteiger partial charge in [0.15, 0.2) is 30.4 Å². The Kier molecular flexibility index (Phi) is 23.2. The summed E-state index contributed by atoms with van der Waals surface area (Å²) in [6.07, 6.45) is -8.85. The lowest BCUT2D eigenvalue weighted by Gasteiger charge is -2.50. The van der Waals surface area contributed by atoms with E-state index in [4.69, 9.17) is 47.4 Å². The normalized spacial score (nSPS) is 39.7. The predicted molar refractivity (Wildman–Crippen MR) is 286 cm³/mol. The number of rotatable bonds is 17. The Hall–Kier alpha value is -4.03. The molecule has 2 aromatic carbocycles. The Morgan fingerprint density at radius 2 is 1.44 bits per heavy atom. The summed E-state index contributed by atoms with van der Waals surface area (Å²) in [6.45, 7) is 14.0. The molecule has 0 unspecified atom stereocenters. The summed E-state index contributed by atoms with van der Waals surface area (Å²) in [5, 5.41) is 56.9. The molecule has 0 spiro atoms. The smallest absolute Gasteiger partial charge is 0.308 e. The number of benzene rings is 2. The summed E-state index contributed by atoms with van der Waals surface area (Å²) in [5.74, 6) is -3.08. The van der Waals surface area contributed by atoms with Crippen molar-refractivity contribution in [3.05, 3.63) is 89.5 Å². The molecule has 3 saturated heterocycles. The number of hydrogen-bond acceptors (Lipinski definition) is 19. The number of carbonyl (C=O) groups excluding carboxylic acids is 3. The van der Waals surface area contributed by atoms with Crippen molar-refractivity contribution in [1.29, 1.82) is 0 Å². The number of nitrogens with zero attached hydrogens (tertiary/aromatic N) is 1. The average Bonchev–Trinajstić information content (AvgIpc) is 3.49. The van der Waals surface area contributed by atoms with E-state index in [2.05, 4.69) is 0 Å². The van der Waals surface area contributed by atoms with Gasteiger partial charge in [-0.3, -0.25) is 14.4 Å². The van der Waals surface area contributed by atoms with Gasteiger partial charge in [-0.15, -0.1) is 0 Å². The van der Waals surface area contributed by atoms with E-state index in [9.17, 15) is 39.9 Å². The summed E-state index contributed by atoms with van der Waals surface area (Å²) < 4.78 is 62.0. The van der Waals surface area contributed by atoms with Crippen LogP contribution in [0, 0.1) is 23.7 Å². The quantitative estimate of drug-likeness (QED) is 0.104. The Morgan fingerprint density at radius 3 is 2.06 bits per heavy atom. The van der Waals surface area contributed by atoms with E-state index in [1.165, 1.54) is 27.2 Å². The molecule has 0 radical (unpaired) electrons. The van der Waals surface area contributed by atoms with Gasteiger partial charge in [-0.2, -0.15) is 0 Å². The lowest BCUT2D eigenvalue weighted by molar-refractivity contribution is -0.342. The van der Waals surface area contributed by atoms with E-state index in [0.29, 0.717) is 28.9 Å². The van der Waals surface area contributed by atoms with E-state index >= 15 is 0 Å². The molecule has 0 amide bonds. The van der Waals surface area contributed by atoms with Gasteiger partial charge in [0.05, 0.1) is 61.8 Å². The molecule has 0 aromatic heterocycles. The average molecular weight is 1100 g/mol. The third-order valence-corrected chi connectivity index (χ3v) is 15.9. The maximum Gasteiger partial charge on any atom is 0.308 e. The van der Waals surface area contributed by atoms with Crippen molar-refractivity contribution in [3.8, 4) is 5.75 Å². The van der Waals surface area contributed by atoms with Crippen molar-refractivity contribution in [3.63, 3.8) is 0 Å². The number of esters is 1. The lowest BCUT2D eigenvalue weighted by Crippen LogP contribution is -2.65. The van der Waals surface area contributed by atoms with Crippen molar-refractivity contribution in [2.45, 2.75) is 191 Å². The molecule has 0 saturated carbocycles. The fraction of sp³-hybridized carbons (Fsp3) is 0.678. The fourth-order valence-electron chi connectivity index (χ4n) is 11.2. The van der Waals surface area contributed by atoms with Gasteiger partial charge >= 0.3 is 5.97 Å². The number of likely N-dealkylation sites (N-methyl/N-ethyl adjacent to an activating group) is 1. The second kappa shape index (κ2) is 28.6. The Labute approximate surface area is 460 Å². The minimum Gasteiger partial charge on any atom is -0.494 e. The van der Waals surface area contributed by atoms with E-state index in [1.807, 2.05) is 32.9 Å². The highest BCUT2D eigenvalue weighted by molar-refractivity contribution is 6.09. The van der Waals surface area contributed by atoms with Crippen molar-refractivity contribution >= 4 is 17.5 Å². The first-order valence-corrected chi connectivity index (χ1v) is 27.5.